The lowest BCUT2D eigenvalue weighted by Gasteiger charge is -1.89. The van der Waals surface area contributed by atoms with Gasteiger partial charge in [0, 0.05) is 0 Å². The predicted molar refractivity (Wildman–Crippen MR) is 59.4 cm³/mol. The Kier molecular flexibility index (Phi) is 4.21. The van der Waals surface area contributed by atoms with E-state index >= 15 is 0 Å². The van der Waals surface area contributed by atoms with Crippen molar-refractivity contribution in [2.24, 2.45) is 5.73 Å². The van der Waals surface area contributed by atoms with E-state index < -0.39 is 6.09 Å². The minimum Gasteiger partial charge on any atom is -0.450 e. The third-order valence-electron chi connectivity index (χ3n) is 1.93. The molecule has 6 heteroatoms. The summed E-state index contributed by atoms with van der Waals surface area (Å²) in [5, 5.41) is 2.20. The quantitative estimate of drug-likeness (QED) is 0.700. The lowest BCUT2D eigenvalue weighted by Crippen LogP contribution is -2.19. The molecule has 0 aliphatic carbocycles. The molecule has 0 fully saturated rings. The van der Waals surface area contributed by atoms with E-state index in [1.165, 1.54) is 0 Å². The standard InChI is InChI=1S/C8H5NO2.C3H7NO2/c10-7-5-3-1-2-4-6(5)8(11)9-7;1-2-6-3(4)5/h1-4H,(H,9,10,11);2H2,1H3,(H2,4,5). The number of benzene rings is 1. The monoisotopic (exact) mass is 236 g/mol. The maximum Gasteiger partial charge on any atom is 0.404 e. The zero-order valence-corrected chi connectivity index (χ0v) is 9.23. The van der Waals surface area contributed by atoms with Crippen molar-refractivity contribution < 1.29 is 19.1 Å². The lowest BCUT2D eigenvalue weighted by molar-refractivity contribution is 0.0879. The second kappa shape index (κ2) is 5.64. The molecule has 0 atom stereocenters. The lowest BCUT2D eigenvalue weighted by atomic mass is 10.1. The number of imide groups is 1. The molecule has 1 aromatic carbocycles. The maximum atomic E-state index is 10.9. The number of amides is 3. The van der Waals surface area contributed by atoms with Crippen LogP contribution in [0.3, 0.4) is 0 Å². The number of nitrogens with two attached hydrogens (primary N) is 1. The fourth-order valence-corrected chi connectivity index (χ4v) is 1.26. The van der Waals surface area contributed by atoms with E-state index in [1.807, 2.05) is 0 Å². The Labute approximate surface area is 97.7 Å². The molecular weight excluding hydrogens is 224 g/mol. The average Bonchev–Trinajstić information content (AvgIpc) is 2.56. The summed E-state index contributed by atoms with van der Waals surface area (Å²) < 4.78 is 4.18. The SMILES string of the molecule is CCOC(N)=O.O=C1NC(=O)c2ccccc21. The molecule has 0 unspecified atom stereocenters. The highest BCUT2D eigenvalue weighted by Gasteiger charge is 2.25. The van der Waals surface area contributed by atoms with Crippen LogP contribution in [0.4, 0.5) is 4.79 Å². The van der Waals surface area contributed by atoms with Crippen molar-refractivity contribution in [3.63, 3.8) is 0 Å². The first-order chi connectivity index (χ1) is 8.06. The first-order valence-electron chi connectivity index (χ1n) is 4.93. The Morgan fingerprint density at radius 1 is 1.24 bits per heavy atom. The number of carbonyl (C=O) groups is 3. The van der Waals surface area contributed by atoms with E-state index in [9.17, 15) is 14.4 Å². The highest BCUT2D eigenvalue weighted by atomic mass is 16.5. The predicted octanol–water partition coefficient (Wildman–Crippen LogP) is 0.672. The smallest absolute Gasteiger partial charge is 0.404 e. The molecule has 17 heavy (non-hydrogen) atoms. The number of ether oxygens (including phenoxy) is 1. The van der Waals surface area contributed by atoms with Crippen LogP contribution < -0.4 is 11.1 Å². The molecule has 90 valence electrons. The van der Waals surface area contributed by atoms with Crippen LogP contribution in [0.1, 0.15) is 27.6 Å². The van der Waals surface area contributed by atoms with Gasteiger partial charge in [0.25, 0.3) is 11.8 Å². The zero-order valence-electron chi connectivity index (χ0n) is 9.23. The largest absolute Gasteiger partial charge is 0.450 e. The Morgan fingerprint density at radius 2 is 1.71 bits per heavy atom. The van der Waals surface area contributed by atoms with Gasteiger partial charge in [-0.15, -0.1) is 0 Å². The molecule has 0 saturated carbocycles. The fourth-order valence-electron chi connectivity index (χ4n) is 1.26. The van der Waals surface area contributed by atoms with E-state index in [-0.39, 0.29) is 11.8 Å². The molecule has 1 aliphatic heterocycles. The fraction of sp³-hybridized carbons (Fsp3) is 0.182. The molecular formula is C11H12N2O4. The molecule has 2 rings (SSSR count). The van der Waals surface area contributed by atoms with Gasteiger partial charge in [-0.1, -0.05) is 12.1 Å². The number of carbonyl (C=O) groups excluding carboxylic acids is 3. The number of primary amides is 1. The first kappa shape index (κ1) is 12.7. The Morgan fingerprint density at radius 3 is 2.00 bits per heavy atom. The van der Waals surface area contributed by atoms with E-state index in [2.05, 4.69) is 15.8 Å². The van der Waals surface area contributed by atoms with Gasteiger partial charge in [-0.3, -0.25) is 14.9 Å². The molecule has 3 N–H and O–H groups in total. The normalized spacial score (nSPS) is 12.1. The summed E-state index contributed by atoms with van der Waals surface area (Å²) in [6.07, 6.45) is -0.711. The number of nitrogens with one attached hydrogen (secondary N) is 1. The Bertz CT molecular complexity index is 424. The summed E-state index contributed by atoms with van der Waals surface area (Å²) in [4.78, 5) is 31.5. The number of fused-ring (bicyclic) bond motifs is 1. The second-order valence-corrected chi connectivity index (χ2v) is 3.08. The maximum absolute atomic E-state index is 10.9. The van der Waals surface area contributed by atoms with Crippen LogP contribution in [0, 0.1) is 0 Å². The van der Waals surface area contributed by atoms with Crippen molar-refractivity contribution in [3.8, 4) is 0 Å². The van der Waals surface area contributed by atoms with Crippen LogP contribution in [0.15, 0.2) is 24.3 Å². The van der Waals surface area contributed by atoms with Crippen LogP contribution in [-0.4, -0.2) is 24.5 Å². The van der Waals surface area contributed by atoms with E-state index in [4.69, 9.17) is 0 Å². The number of hydrogen-bond acceptors (Lipinski definition) is 4. The van der Waals surface area contributed by atoms with Gasteiger partial charge in [-0.2, -0.15) is 0 Å². The number of rotatable bonds is 1. The van der Waals surface area contributed by atoms with Crippen LogP contribution in [-0.2, 0) is 4.74 Å². The average molecular weight is 236 g/mol. The summed E-state index contributed by atoms with van der Waals surface area (Å²) in [5.41, 5.74) is 5.48. The zero-order chi connectivity index (χ0) is 12.8. The third-order valence-corrected chi connectivity index (χ3v) is 1.93. The second-order valence-electron chi connectivity index (χ2n) is 3.08. The van der Waals surface area contributed by atoms with Gasteiger partial charge in [0.05, 0.1) is 17.7 Å². The molecule has 1 aliphatic rings. The molecule has 0 saturated heterocycles. The van der Waals surface area contributed by atoms with Crippen LogP contribution in [0.25, 0.3) is 0 Å². The van der Waals surface area contributed by atoms with E-state index in [1.54, 1.807) is 31.2 Å². The minimum atomic E-state index is -0.711. The first-order valence-corrected chi connectivity index (χ1v) is 4.93. The molecule has 0 bridgehead atoms. The van der Waals surface area contributed by atoms with Crippen LogP contribution in [0.2, 0.25) is 0 Å². The van der Waals surface area contributed by atoms with Crippen molar-refractivity contribution in [1.82, 2.24) is 5.32 Å². The summed E-state index contributed by atoms with van der Waals surface area (Å²) >= 11 is 0. The molecule has 1 heterocycles. The topological polar surface area (TPSA) is 98.5 Å². The molecule has 0 aromatic heterocycles. The van der Waals surface area contributed by atoms with Crippen molar-refractivity contribution in [2.75, 3.05) is 6.61 Å². The Balaban J connectivity index is 0.000000209. The molecule has 1 aromatic rings. The van der Waals surface area contributed by atoms with Gasteiger partial charge in [-0.05, 0) is 19.1 Å². The van der Waals surface area contributed by atoms with Crippen molar-refractivity contribution >= 4 is 17.9 Å². The highest BCUT2D eigenvalue weighted by Crippen LogP contribution is 2.13. The minimum absolute atomic E-state index is 0.300. The molecule has 0 spiro atoms. The highest BCUT2D eigenvalue weighted by molar-refractivity contribution is 6.21. The van der Waals surface area contributed by atoms with E-state index in [0.29, 0.717) is 17.7 Å². The number of hydrogen-bond donors (Lipinski definition) is 2. The third kappa shape index (κ3) is 3.30. The van der Waals surface area contributed by atoms with Crippen LogP contribution >= 0.6 is 0 Å². The molecule has 3 amide bonds. The van der Waals surface area contributed by atoms with Crippen molar-refractivity contribution in [1.29, 1.82) is 0 Å². The van der Waals surface area contributed by atoms with Gasteiger partial charge in [0.2, 0.25) is 0 Å². The van der Waals surface area contributed by atoms with Crippen molar-refractivity contribution in [2.45, 2.75) is 6.92 Å². The van der Waals surface area contributed by atoms with E-state index in [0.717, 1.165) is 0 Å². The summed E-state index contributed by atoms with van der Waals surface area (Å²) in [6.45, 7) is 2.06. The van der Waals surface area contributed by atoms with Gasteiger partial charge in [0.15, 0.2) is 0 Å². The van der Waals surface area contributed by atoms with Gasteiger partial charge >= 0.3 is 6.09 Å². The van der Waals surface area contributed by atoms with Crippen molar-refractivity contribution in [3.05, 3.63) is 35.4 Å². The van der Waals surface area contributed by atoms with Gasteiger partial charge < -0.3 is 10.5 Å². The summed E-state index contributed by atoms with van der Waals surface area (Å²) in [6, 6.07) is 6.74. The summed E-state index contributed by atoms with van der Waals surface area (Å²) in [7, 11) is 0. The van der Waals surface area contributed by atoms with Crippen LogP contribution in [0.5, 0.6) is 0 Å². The molecule has 6 nitrogen and oxygen atoms in total. The molecule has 0 radical (unpaired) electrons. The van der Waals surface area contributed by atoms with Gasteiger partial charge in [-0.25, -0.2) is 4.79 Å². The van der Waals surface area contributed by atoms with Gasteiger partial charge in [0.1, 0.15) is 0 Å². The Hall–Kier alpha value is -2.37. The summed E-state index contributed by atoms with van der Waals surface area (Å²) in [5.74, 6) is -0.601.